The number of rotatable bonds is 20. The Hall–Kier alpha value is -3.82. The summed E-state index contributed by atoms with van der Waals surface area (Å²) in [6.07, 6.45) is 21.4. The molecule has 15 heteroatoms. The summed E-state index contributed by atoms with van der Waals surface area (Å²) in [6.45, 7) is 43.3. The lowest BCUT2D eigenvalue weighted by atomic mass is 9.33. The molecule has 0 aromatic rings. The van der Waals surface area contributed by atoms with E-state index in [0.29, 0.717) is 77.4 Å². The van der Waals surface area contributed by atoms with Crippen LogP contribution in [0.25, 0.3) is 0 Å². The summed E-state index contributed by atoms with van der Waals surface area (Å²) >= 11 is 0. The fourth-order valence-corrected chi connectivity index (χ4v) is 24.6. The van der Waals surface area contributed by atoms with Gasteiger partial charge in [0.05, 0.1) is 37.3 Å². The monoisotopic (exact) mass is 1300 g/mol. The molecule has 0 aromatic heterocycles. The van der Waals surface area contributed by atoms with Crippen LogP contribution in [0.4, 0.5) is 0 Å². The first kappa shape index (κ1) is 71.9. The van der Waals surface area contributed by atoms with Crippen LogP contribution in [0.5, 0.6) is 0 Å². The number of amides is 2. The van der Waals surface area contributed by atoms with Crippen LogP contribution in [0, 0.1) is 100 Å². The summed E-state index contributed by atoms with van der Waals surface area (Å²) in [4.78, 5) is 79.8. The largest absolute Gasteiger partial charge is 0.459 e. The lowest BCUT2D eigenvalue weighted by Gasteiger charge is -2.71. The summed E-state index contributed by atoms with van der Waals surface area (Å²) in [5.74, 6) is 0.615. The average Bonchev–Trinajstić information content (AvgIpc) is 0.682. The minimum atomic E-state index is -0.510. The zero-order valence-electron chi connectivity index (χ0n) is 61.0. The van der Waals surface area contributed by atoms with Crippen LogP contribution in [0.15, 0.2) is 23.3 Å². The fraction of sp³-hybridized carbons (Fsp3) is 0.872. The van der Waals surface area contributed by atoms with Crippen LogP contribution in [-0.2, 0) is 61.9 Å². The first-order valence-corrected chi connectivity index (χ1v) is 36.7. The summed E-state index contributed by atoms with van der Waals surface area (Å²) in [6, 6.07) is 0. The van der Waals surface area contributed by atoms with E-state index >= 15 is 0 Å². The van der Waals surface area contributed by atoms with Gasteiger partial charge in [0.25, 0.3) is 0 Å². The first-order valence-electron chi connectivity index (χ1n) is 36.7. The molecule has 2 amide bonds. The molecule has 0 unspecified atom stereocenters. The Kier molecular flexibility index (Phi) is 20.0. The van der Waals surface area contributed by atoms with E-state index in [2.05, 4.69) is 120 Å². The molecule has 0 spiro atoms. The number of carbonyl (C=O) groups excluding carboxylic acids is 6. The minimum Gasteiger partial charge on any atom is -0.459 e. The standard InChI is InChI=1S/C78H124N2O13/c1-49(81)90-57-47-71(13)59(69(9,10)63(57)92-51(3)83)25-27-75(17)61(71)23-21-53-55-45-67(5,6)29-33-77(55,35-31-73(53,75)15)65(85)79-37-19-39-87-41-43-89-44-42-88-40-20-38-80-66(86)78-34-30-68(7,8)46-56(78)54-22-24-62-72(14)48-58(91-50(2)82)64(93-52(4)84)70(11,12)60(72)26-28-76(62,18)74(54,16)32-36-78/h21-22,55-64H,19-20,23-48H2,1-18H3,(H,79,85)(H,80,86)/t55-,56-,57+,58+,59-,60-,61+,62+,63-,64-,71-,72-,73+,74+,75+,76+,77-,78-/m0/s1. The maximum Gasteiger partial charge on any atom is 0.303 e. The molecule has 2 N–H and O–H groups in total. The first-order chi connectivity index (χ1) is 43.3. The number of allylic oxidation sites excluding steroid dienone is 4. The van der Waals surface area contributed by atoms with Gasteiger partial charge in [0.15, 0.2) is 0 Å². The third kappa shape index (κ3) is 12.4. The lowest BCUT2D eigenvalue weighted by Crippen LogP contribution is -2.68. The smallest absolute Gasteiger partial charge is 0.303 e. The minimum absolute atomic E-state index is 0.0260. The molecular formula is C78H124N2O13. The van der Waals surface area contributed by atoms with Gasteiger partial charge in [-0.3, -0.25) is 28.8 Å². The normalized spacial score (nSPS) is 42.1. The van der Waals surface area contributed by atoms with Crippen molar-refractivity contribution in [1.29, 1.82) is 0 Å². The zero-order chi connectivity index (χ0) is 68.0. The fourth-order valence-electron chi connectivity index (χ4n) is 24.6. The van der Waals surface area contributed by atoms with Crippen molar-refractivity contribution < 1.29 is 61.9 Å². The summed E-state index contributed by atoms with van der Waals surface area (Å²) < 4.78 is 42.1. The maximum atomic E-state index is 14.8. The molecule has 0 bridgehead atoms. The van der Waals surface area contributed by atoms with Gasteiger partial charge in [-0.25, -0.2) is 0 Å². The van der Waals surface area contributed by atoms with Crippen molar-refractivity contribution in [3.8, 4) is 0 Å². The van der Waals surface area contributed by atoms with Gasteiger partial charge >= 0.3 is 23.9 Å². The molecule has 93 heavy (non-hydrogen) atoms. The molecule has 524 valence electrons. The molecule has 8 fully saturated rings. The van der Waals surface area contributed by atoms with Gasteiger partial charge in [-0.05, 0) is 207 Å². The van der Waals surface area contributed by atoms with Crippen LogP contribution in [-0.4, -0.2) is 113 Å². The number of hydrogen-bond donors (Lipinski definition) is 2. The molecule has 10 aliphatic rings. The summed E-state index contributed by atoms with van der Waals surface area (Å²) in [7, 11) is 0. The Labute approximate surface area is 559 Å². The Morgan fingerprint density at radius 3 is 1.09 bits per heavy atom. The second kappa shape index (κ2) is 25.8. The Morgan fingerprint density at radius 1 is 0.409 bits per heavy atom. The third-order valence-corrected chi connectivity index (χ3v) is 29.4. The lowest BCUT2D eigenvalue weighted by molar-refractivity contribution is -0.243. The topological polar surface area (TPSA) is 191 Å². The van der Waals surface area contributed by atoms with Crippen LogP contribution >= 0.6 is 0 Å². The Balaban J connectivity index is 0.661. The number of ether oxygens (including phenoxy) is 7. The molecule has 18 atom stereocenters. The van der Waals surface area contributed by atoms with E-state index in [-0.39, 0.29) is 103 Å². The summed E-state index contributed by atoms with van der Waals surface area (Å²) in [5.41, 5.74) is 1.06. The van der Waals surface area contributed by atoms with Gasteiger partial charge < -0.3 is 43.8 Å². The second-order valence-electron chi connectivity index (χ2n) is 36.2. The zero-order valence-corrected chi connectivity index (χ0v) is 61.0. The maximum absolute atomic E-state index is 14.8. The molecule has 0 aliphatic heterocycles. The highest BCUT2D eigenvalue weighted by molar-refractivity contribution is 5.85. The predicted octanol–water partition coefficient (Wildman–Crippen LogP) is 14.6. The Bertz CT molecular complexity index is 2720. The van der Waals surface area contributed by atoms with Crippen molar-refractivity contribution in [3.63, 3.8) is 0 Å². The number of esters is 4. The predicted molar refractivity (Wildman–Crippen MR) is 359 cm³/mol. The highest BCUT2D eigenvalue weighted by Crippen LogP contribution is 2.78. The van der Waals surface area contributed by atoms with Gasteiger partial charge in [-0.2, -0.15) is 0 Å². The number of carbonyl (C=O) groups is 6. The molecule has 0 aromatic carbocycles. The SMILES string of the molecule is CC(=O)O[C@@H]1C[C@]2(C)[C@H]3CC=C4[C@@H]5CC(C)(C)CC[C@]5(C(=O)NCCCOCCOCCOCCCNC(=O)[C@]56CCC(C)(C)C[C@H]5C5=CC[C@@H]7[C@@]8(C)C[C@@H](OC(C)=O)[C@H](OC(C)=O)C(C)(C)[C@@H]8CC[C@@]7(C)[C@]5(C)CC6)CC[C@@]4(C)[C@]3(C)CC[C@H]2C(C)(C)[C@H]1OC(C)=O. The van der Waals surface area contributed by atoms with Crippen molar-refractivity contribution in [3.05, 3.63) is 23.3 Å². The van der Waals surface area contributed by atoms with Crippen LogP contribution in [0.2, 0.25) is 0 Å². The van der Waals surface area contributed by atoms with Crippen molar-refractivity contribution in [1.82, 2.24) is 10.6 Å². The molecular weight excluding hydrogens is 1170 g/mol. The molecule has 0 saturated heterocycles. The summed E-state index contributed by atoms with van der Waals surface area (Å²) in [5, 5.41) is 6.87. The average molecular weight is 1300 g/mol. The second-order valence-corrected chi connectivity index (χ2v) is 36.2. The van der Waals surface area contributed by atoms with E-state index in [1.165, 1.54) is 38.8 Å². The van der Waals surface area contributed by atoms with E-state index in [1.807, 2.05) is 0 Å². The van der Waals surface area contributed by atoms with E-state index in [4.69, 9.17) is 33.2 Å². The van der Waals surface area contributed by atoms with Gasteiger partial charge in [0.2, 0.25) is 11.8 Å². The molecule has 10 rings (SSSR count). The number of hydrogen-bond acceptors (Lipinski definition) is 13. The van der Waals surface area contributed by atoms with E-state index in [9.17, 15) is 28.8 Å². The van der Waals surface area contributed by atoms with Crippen molar-refractivity contribution >= 4 is 35.7 Å². The van der Waals surface area contributed by atoms with Gasteiger partial charge in [-0.15, -0.1) is 0 Å². The highest BCUT2D eigenvalue weighted by atomic mass is 16.6. The van der Waals surface area contributed by atoms with Gasteiger partial charge in [0.1, 0.15) is 24.4 Å². The molecule has 8 saturated carbocycles. The van der Waals surface area contributed by atoms with E-state index in [1.54, 1.807) is 0 Å². The van der Waals surface area contributed by atoms with E-state index in [0.717, 1.165) is 116 Å². The van der Waals surface area contributed by atoms with Gasteiger partial charge in [-0.1, -0.05) is 120 Å². The van der Waals surface area contributed by atoms with Crippen LogP contribution in [0.1, 0.15) is 253 Å². The Morgan fingerprint density at radius 2 is 0.742 bits per heavy atom. The molecule has 0 heterocycles. The van der Waals surface area contributed by atoms with Crippen molar-refractivity contribution in [2.45, 2.75) is 277 Å². The number of nitrogens with one attached hydrogen (secondary N) is 2. The number of fused-ring (bicyclic) bond motifs is 14. The van der Waals surface area contributed by atoms with Crippen LogP contribution < -0.4 is 10.6 Å². The third-order valence-electron chi connectivity index (χ3n) is 29.4. The molecule has 10 aliphatic carbocycles. The highest BCUT2D eigenvalue weighted by Gasteiger charge is 2.73. The van der Waals surface area contributed by atoms with E-state index < -0.39 is 46.1 Å². The quantitative estimate of drug-likeness (QED) is 0.0507. The van der Waals surface area contributed by atoms with Crippen LogP contribution in [0.3, 0.4) is 0 Å². The molecule has 15 nitrogen and oxygen atoms in total. The van der Waals surface area contributed by atoms with Gasteiger partial charge in [0, 0.05) is 64.8 Å². The van der Waals surface area contributed by atoms with Crippen molar-refractivity contribution in [2.75, 3.05) is 52.7 Å². The molecule has 0 radical (unpaired) electrons. The van der Waals surface area contributed by atoms with Crippen molar-refractivity contribution in [2.24, 2.45) is 100 Å².